The van der Waals surface area contributed by atoms with Crippen molar-refractivity contribution in [3.63, 3.8) is 0 Å². The Hall–Kier alpha value is -1.16. The number of carboxylic acids is 1. The molecule has 1 aromatic rings. The van der Waals surface area contributed by atoms with Gasteiger partial charge in [0.15, 0.2) is 5.78 Å². The fourth-order valence-electron chi connectivity index (χ4n) is 1.33. The van der Waals surface area contributed by atoms with Gasteiger partial charge in [0.05, 0.1) is 0 Å². The first-order chi connectivity index (χ1) is 7.06. The van der Waals surface area contributed by atoms with Gasteiger partial charge in [-0.15, -0.1) is 0 Å². The van der Waals surface area contributed by atoms with Crippen LogP contribution in [0.1, 0.15) is 24.8 Å². The third kappa shape index (κ3) is 2.89. The van der Waals surface area contributed by atoms with Crippen LogP contribution in [-0.2, 0) is 9.59 Å². The van der Waals surface area contributed by atoms with Crippen molar-refractivity contribution in [1.29, 1.82) is 0 Å². The Bertz CT molecular complexity index is 370. The molecule has 0 aromatic heterocycles. The fraction of sp³-hybridized carbons (Fsp3) is 0.273. The Balaban J connectivity index is 3.04. The largest absolute Gasteiger partial charge is 0.480 e. The normalized spacial score (nSPS) is 12.1. The average Bonchev–Trinajstić information content (AvgIpc) is 2.20. The minimum absolute atomic E-state index is 0.229. The zero-order chi connectivity index (χ0) is 11.4. The maximum Gasteiger partial charge on any atom is 0.318 e. The van der Waals surface area contributed by atoms with E-state index in [9.17, 15) is 9.59 Å². The highest BCUT2D eigenvalue weighted by Crippen LogP contribution is 2.21. The lowest BCUT2D eigenvalue weighted by Gasteiger charge is -2.10. The van der Waals surface area contributed by atoms with Crippen molar-refractivity contribution >= 4 is 27.7 Å². The molecule has 1 unspecified atom stereocenters. The van der Waals surface area contributed by atoms with E-state index >= 15 is 0 Å². The molecule has 1 aromatic carbocycles. The van der Waals surface area contributed by atoms with Crippen molar-refractivity contribution in [2.45, 2.75) is 19.3 Å². The predicted octanol–water partition coefficient (Wildman–Crippen LogP) is 2.60. The van der Waals surface area contributed by atoms with Gasteiger partial charge in [-0.25, -0.2) is 0 Å². The van der Waals surface area contributed by atoms with E-state index in [4.69, 9.17) is 5.11 Å². The number of hydrogen-bond donors (Lipinski definition) is 1. The molecule has 1 N–H and O–H groups in total. The number of carbonyl (C=O) groups is 2. The van der Waals surface area contributed by atoms with Crippen LogP contribution in [0.3, 0.4) is 0 Å². The smallest absolute Gasteiger partial charge is 0.318 e. The van der Waals surface area contributed by atoms with Gasteiger partial charge in [-0.3, -0.25) is 9.59 Å². The van der Waals surface area contributed by atoms with Crippen molar-refractivity contribution in [3.05, 3.63) is 34.3 Å². The number of halogens is 1. The van der Waals surface area contributed by atoms with Crippen LogP contribution in [0.2, 0.25) is 0 Å². The summed E-state index contributed by atoms with van der Waals surface area (Å²) in [5, 5.41) is 8.96. The summed E-state index contributed by atoms with van der Waals surface area (Å²) in [4.78, 5) is 22.4. The second-order valence-electron chi connectivity index (χ2n) is 3.14. The molecule has 0 aliphatic heterocycles. The van der Waals surface area contributed by atoms with Gasteiger partial charge < -0.3 is 5.11 Å². The summed E-state index contributed by atoms with van der Waals surface area (Å²) >= 11 is 3.25. The van der Waals surface area contributed by atoms with Gasteiger partial charge in [0.25, 0.3) is 0 Å². The second-order valence-corrected chi connectivity index (χ2v) is 4.06. The Kier molecular flexibility index (Phi) is 4.03. The maximum absolute atomic E-state index is 11.4. The standard InChI is InChI=1S/C11H11BrO3/c1-2-9(13)10(11(14)15)7-3-5-8(12)6-4-7/h3-6,10H,2H2,1H3,(H,14,15). The minimum Gasteiger partial charge on any atom is -0.480 e. The molecule has 3 nitrogen and oxygen atoms in total. The summed E-state index contributed by atoms with van der Waals surface area (Å²) in [5.74, 6) is -2.41. The summed E-state index contributed by atoms with van der Waals surface area (Å²) < 4.78 is 0.860. The van der Waals surface area contributed by atoms with Crippen LogP contribution in [-0.4, -0.2) is 16.9 Å². The van der Waals surface area contributed by atoms with E-state index in [0.717, 1.165) is 4.47 Å². The number of benzene rings is 1. The Morgan fingerprint density at radius 1 is 1.33 bits per heavy atom. The SMILES string of the molecule is CCC(=O)C(C(=O)O)c1ccc(Br)cc1. The molecule has 4 heteroatoms. The van der Waals surface area contributed by atoms with Crippen LogP contribution in [0, 0.1) is 0 Å². The number of ketones is 1. The number of rotatable bonds is 4. The zero-order valence-corrected chi connectivity index (χ0v) is 9.82. The van der Waals surface area contributed by atoms with Crippen LogP contribution in [0.5, 0.6) is 0 Å². The van der Waals surface area contributed by atoms with E-state index in [0.29, 0.717) is 5.56 Å². The zero-order valence-electron chi connectivity index (χ0n) is 8.24. The number of hydrogen-bond acceptors (Lipinski definition) is 2. The molecule has 0 aliphatic carbocycles. The van der Waals surface area contributed by atoms with Gasteiger partial charge in [0.1, 0.15) is 5.92 Å². The Morgan fingerprint density at radius 3 is 2.27 bits per heavy atom. The Labute approximate surface area is 96.2 Å². The summed E-state index contributed by atoms with van der Waals surface area (Å²) in [5.41, 5.74) is 0.526. The first kappa shape index (κ1) is 11.9. The van der Waals surface area contributed by atoms with Crippen LogP contribution in [0.15, 0.2) is 28.7 Å². The van der Waals surface area contributed by atoms with Gasteiger partial charge in [-0.05, 0) is 17.7 Å². The molecule has 0 spiro atoms. The number of carboxylic acid groups (broad SMARTS) is 1. The first-order valence-corrected chi connectivity index (χ1v) is 5.36. The highest BCUT2D eigenvalue weighted by atomic mass is 79.9. The molecule has 0 bridgehead atoms. The second kappa shape index (κ2) is 5.07. The summed E-state index contributed by atoms with van der Waals surface area (Å²) in [7, 11) is 0. The van der Waals surface area contributed by atoms with Gasteiger partial charge in [0.2, 0.25) is 0 Å². The molecule has 0 fully saturated rings. The maximum atomic E-state index is 11.4. The summed E-state index contributed by atoms with van der Waals surface area (Å²) in [6.07, 6.45) is 0.229. The van der Waals surface area contributed by atoms with Crippen LogP contribution < -0.4 is 0 Å². The van der Waals surface area contributed by atoms with Crippen molar-refractivity contribution in [2.24, 2.45) is 0 Å². The van der Waals surface area contributed by atoms with Gasteiger partial charge in [-0.1, -0.05) is 35.0 Å². The third-order valence-electron chi connectivity index (χ3n) is 2.12. The summed E-state index contributed by atoms with van der Waals surface area (Å²) in [6, 6.07) is 6.76. The first-order valence-electron chi connectivity index (χ1n) is 4.57. The molecular weight excluding hydrogens is 260 g/mol. The predicted molar refractivity (Wildman–Crippen MR) is 59.8 cm³/mol. The van der Waals surface area contributed by atoms with Crippen molar-refractivity contribution in [2.75, 3.05) is 0 Å². The molecule has 0 aliphatic rings. The average molecular weight is 271 g/mol. The number of Topliss-reactive ketones (excluding diaryl/α,β-unsaturated/α-hetero) is 1. The highest BCUT2D eigenvalue weighted by molar-refractivity contribution is 9.10. The molecule has 1 rings (SSSR count). The van der Waals surface area contributed by atoms with Crippen molar-refractivity contribution < 1.29 is 14.7 Å². The van der Waals surface area contributed by atoms with E-state index < -0.39 is 11.9 Å². The lowest BCUT2D eigenvalue weighted by Crippen LogP contribution is -2.20. The van der Waals surface area contributed by atoms with Gasteiger partial charge in [-0.2, -0.15) is 0 Å². The van der Waals surface area contributed by atoms with E-state index in [2.05, 4.69) is 15.9 Å². The fourth-order valence-corrected chi connectivity index (χ4v) is 1.59. The van der Waals surface area contributed by atoms with Gasteiger partial charge >= 0.3 is 5.97 Å². The quantitative estimate of drug-likeness (QED) is 0.856. The van der Waals surface area contributed by atoms with Crippen molar-refractivity contribution in [1.82, 2.24) is 0 Å². The topological polar surface area (TPSA) is 54.4 Å². The van der Waals surface area contributed by atoms with E-state index in [1.165, 1.54) is 0 Å². The van der Waals surface area contributed by atoms with E-state index in [1.807, 2.05) is 0 Å². The third-order valence-corrected chi connectivity index (χ3v) is 2.65. The van der Waals surface area contributed by atoms with Gasteiger partial charge in [0, 0.05) is 10.9 Å². The molecule has 0 amide bonds. The minimum atomic E-state index is -1.09. The van der Waals surface area contributed by atoms with Crippen molar-refractivity contribution in [3.8, 4) is 0 Å². The molecule has 0 radical (unpaired) electrons. The highest BCUT2D eigenvalue weighted by Gasteiger charge is 2.26. The Morgan fingerprint density at radius 2 is 1.87 bits per heavy atom. The molecule has 80 valence electrons. The molecular formula is C11H11BrO3. The van der Waals surface area contributed by atoms with Crippen LogP contribution in [0.4, 0.5) is 0 Å². The molecule has 0 saturated heterocycles. The molecule has 1 atom stereocenters. The number of carbonyl (C=O) groups excluding carboxylic acids is 1. The lowest BCUT2D eigenvalue weighted by molar-refractivity contribution is -0.142. The van der Waals surface area contributed by atoms with E-state index in [-0.39, 0.29) is 12.2 Å². The lowest BCUT2D eigenvalue weighted by atomic mass is 9.93. The molecule has 15 heavy (non-hydrogen) atoms. The van der Waals surface area contributed by atoms with Crippen LogP contribution in [0.25, 0.3) is 0 Å². The number of aliphatic carboxylic acids is 1. The van der Waals surface area contributed by atoms with E-state index in [1.54, 1.807) is 31.2 Å². The van der Waals surface area contributed by atoms with Crippen LogP contribution >= 0.6 is 15.9 Å². The molecule has 0 saturated carbocycles. The molecule has 0 heterocycles. The monoisotopic (exact) mass is 270 g/mol. The summed E-state index contributed by atoms with van der Waals surface area (Å²) in [6.45, 7) is 1.66.